The van der Waals surface area contributed by atoms with Gasteiger partial charge in [0.15, 0.2) is 6.04 Å². The summed E-state index contributed by atoms with van der Waals surface area (Å²) in [6.45, 7) is 6.17. The number of aliphatic hydroxyl groups excluding tert-OH is 2. The zero-order chi connectivity index (χ0) is 27.9. The third kappa shape index (κ3) is 7.75. The number of aromatic amines is 1. The van der Waals surface area contributed by atoms with Crippen LogP contribution in [0.1, 0.15) is 39.7 Å². The number of amides is 3. The zero-order valence-electron chi connectivity index (χ0n) is 21.4. The van der Waals surface area contributed by atoms with Gasteiger partial charge in [0, 0.05) is 23.5 Å². The van der Waals surface area contributed by atoms with Gasteiger partial charge in [-0.3, -0.25) is 14.4 Å². The van der Waals surface area contributed by atoms with Crippen LogP contribution in [-0.4, -0.2) is 80.4 Å². The van der Waals surface area contributed by atoms with Gasteiger partial charge in [-0.1, -0.05) is 38.5 Å². The number of benzene rings is 1. The Morgan fingerprint density at radius 2 is 1.51 bits per heavy atom. The van der Waals surface area contributed by atoms with E-state index < -0.39 is 60.1 Å². The van der Waals surface area contributed by atoms with Crippen LogP contribution in [0, 0.1) is 5.92 Å². The van der Waals surface area contributed by atoms with Crippen LogP contribution in [0.5, 0.6) is 0 Å². The van der Waals surface area contributed by atoms with E-state index in [1.54, 1.807) is 19.2 Å². The highest BCUT2D eigenvalue weighted by atomic mass is 16.4. The minimum absolute atomic E-state index is 0.0411. The molecule has 12 nitrogen and oxygen atoms in total. The van der Waals surface area contributed by atoms with E-state index in [0.717, 1.165) is 10.9 Å². The largest absolute Gasteiger partial charge is 0.480 e. The number of aromatic nitrogens is 1. The molecule has 0 fully saturated rings. The maximum Gasteiger partial charge on any atom is 0.328 e. The number of carbonyl (C=O) groups excluding carboxylic acids is 3. The topological polar surface area (TPSA) is 207 Å². The minimum Gasteiger partial charge on any atom is -0.480 e. The molecular weight excluding hydrogens is 482 g/mol. The molecule has 0 spiro atoms. The Hall–Kier alpha value is -3.48. The van der Waals surface area contributed by atoms with Gasteiger partial charge in [-0.25, -0.2) is 4.79 Å². The lowest BCUT2D eigenvalue weighted by Crippen LogP contribution is -2.61. The van der Waals surface area contributed by atoms with Crippen molar-refractivity contribution in [2.45, 2.75) is 76.9 Å². The quantitative estimate of drug-likeness (QED) is 0.171. The van der Waals surface area contributed by atoms with E-state index in [1.807, 2.05) is 25.1 Å². The first kappa shape index (κ1) is 29.7. The van der Waals surface area contributed by atoms with Crippen LogP contribution < -0.4 is 21.7 Å². The average molecular weight is 520 g/mol. The van der Waals surface area contributed by atoms with Crippen molar-refractivity contribution in [1.82, 2.24) is 20.9 Å². The smallest absolute Gasteiger partial charge is 0.328 e. The van der Waals surface area contributed by atoms with Gasteiger partial charge in [0.05, 0.1) is 18.2 Å². The number of carboxylic acid groups (broad SMARTS) is 1. The van der Waals surface area contributed by atoms with Gasteiger partial charge in [-0.15, -0.1) is 0 Å². The number of fused-ring (bicyclic) bond motifs is 1. The first-order valence-electron chi connectivity index (χ1n) is 12.2. The Bertz CT molecular complexity index is 1100. The summed E-state index contributed by atoms with van der Waals surface area (Å²) < 4.78 is 0. The van der Waals surface area contributed by atoms with Crippen molar-refractivity contribution in [2.75, 3.05) is 0 Å². The molecule has 204 valence electrons. The molecule has 12 heteroatoms. The van der Waals surface area contributed by atoms with Crippen LogP contribution >= 0.6 is 0 Å². The maximum atomic E-state index is 13.2. The molecule has 1 aromatic carbocycles. The van der Waals surface area contributed by atoms with Crippen LogP contribution in [0.25, 0.3) is 10.9 Å². The van der Waals surface area contributed by atoms with Crippen LogP contribution in [0.3, 0.4) is 0 Å². The fourth-order valence-corrected chi connectivity index (χ4v) is 3.80. The van der Waals surface area contributed by atoms with E-state index >= 15 is 0 Å². The van der Waals surface area contributed by atoms with Gasteiger partial charge >= 0.3 is 5.97 Å². The summed E-state index contributed by atoms with van der Waals surface area (Å²) in [4.78, 5) is 53.5. The lowest BCUT2D eigenvalue weighted by molar-refractivity contribution is -0.145. The number of rotatable bonds is 13. The second-order valence-electron chi connectivity index (χ2n) is 9.33. The number of nitrogens with one attached hydrogen (secondary N) is 4. The Labute approximate surface area is 215 Å². The first-order valence-corrected chi connectivity index (χ1v) is 12.2. The molecule has 3 amide bonds. The monoisotopic (exact) mass is 519 g/mol. The number of nitrogens with two attached hydrogens (primary N) is 1. The molecule has 7 unspecified atom stereocenters. The van der Waals surface area contributed by atoms with E-state index in [9.17, 15) is 34.5 Å². The molecule has 1 heterocycles. The van der Waals surface area contributed by atoms with E-state index in [0.29, 0.717) is 12.0 Å². The lowest BCUT2D eigenvalue weighted by Gasteiger charge is -2.27. The van der Waals surface area contributed by atoms with Gasteiger partial charge in [-0.2, -0.15) is 0 Å². The zero-order valence-corrected chi connectivity index (χ0v) is 21.4. The Balaban J connectivity index is 2.32. The summed E-state index contributed by atoms with van der Waals surface area (Å²) in [7, 11) is 0. The number of aliphatic carboxylic acids is 1. The summed E-state index contributed by atoms with van der Waals surface area (Å²) in [5, 5.41) is 37.4. The highest BCUT2D eigenvalue weighted by Gasteiger charge is 2.34. The number of carbonyl (C=O) groups is 4. The van der Waals surface area contributed by atoms with E-state index in [4.69, 9.17) is 5.73 Å². The third-order valence-electron chi connectivity index (χ3n) is 6.40. The van der Waals surface area contributed by atoms with Gasteiger partial charge in [-0.05, 0) is 31.4 Å². The maximum absolute atomic E-state index is 13.2. The molecule has 0 saturated heterocycles. The van der Waals surface area contributed by atoms with Crippen molar-refractivity contribution in [2.24, 2.45) is 11.7 Å². The van der Waals surface area contributed by atoms with E-state index in [-0.39, 0.29) is 12.3 Å². The van der Waals surface area contributed by atoms with Crippen molar-refractivity contribution < 1.29 is 34.5 Å². The van der Waals surface area contributed by atoms with Gasteiger partial charge in [0.2, 0.25) is 17.7 Å². The number of aliphatic hydroxyl groups is 2. The molecule has 7 atom stereocenters. The molecular formula is C25H37N5O7. The number of hydrogen-bond acceptors (Lipinski definition) is 7. The molecule has 2 rings (SSSR count). The first-order chi connectivity index (χ1) is 17.4. The molecule has 0 bridgehead atoms. The van der Waals surface area contributed by atoms with Crippen LogP contribution in [0.2, 0.25) is 0 Å². The number of para-hydroxylation sites is 1. The third-order valence-corrected chi connectivity index (χ3v) is 6.40. The van der Waals surface area contributed by atoms with Crippen LogP contribution in [-0.2, 0) is 25.6 Å². The SMILES string of the molecule is CCC(C)C(N)C(=O)NC(C(=O)NC(Cc1c[nH]c2ccccc12)C(=O)NC(C(=O)O)C(C)O)C(C)O. The second-order valence-corrected chi connectivity index (χ2v) is 9.33. The molecule has 0 aliphatic heterocycles. The predicted octanol–water partition coefficient (Wildman–Crippen LogP) is -0.616. The summed E-state index contributed by atoms with van der Waals surface area (Å²) in [6, 6.07) is 2.04. The van der Waals surface area contributed by atoms with Crippen LogP contribution in [0.15, 0.2) is 30.5 Å². The number of hydrogen-bond donors (Lipinski definition) is 8. The van der Waals surface area contributed by atoms with Crippen molar-refractivity contribution in [3.05, 3.63) is 36.0 Å². The molecule has 2 aromatic rings. The molecule has 0 aliphatic carbocycles. The second kappa shape index (κ2) is 13.2. The van der Waals surface area contributed by atoms with Crippen LogP contribution in [0.4, 0.5) is 0 Å². The van der Waals surface area contributed by atoms with E-state index in [2.05, 4.69) is 20.9 Å². The number of H-pyrrole nitrogens is 1. The Morgan fingerprint density at radius 3 is 2.08 bits per heavy atom. The average Bonchev–Trinajstić information content (AvgIpc) is 3.26. The van der Waals surface area contributed by atoms with Gasteiger partial charge in [0.25, 0.3) is 0 Å². The molecule has 9 N–H and O–H groups in total. The predicted molar refractivity (Wildman–Crippen MR) is 136 cm³/mol. The minimum atomic E-state index is -1.62. The summed E-state index contributed by atoms with van der Waals surface area (Å²) in [6.07, 6.45) is -0.479. The van der Waals surface area contributed by atoms with E-state index in [1.165, 1.54) is 13.8 Å². The fraction of sp³-hybridized carbons (Fsp3) is 0.520. The van der Waals surface area contributed by atoms with Crippen molar-refractivity contribution >= 4 is 34.6 Å². The summed E-state index contributed by atoms with van der Waals surface area (Å²) in [5.41, 5.74) is 7.41. The Kier molecular flexibility index (Phi) is 10.6. The molecule has 0 aliphatic rings. The highest BCUT2D eigenvalue weighted by molar-refractivity contribution is 5.95. The lowest BCUT2D eigenvalue weighted by atomic mass is 9.98. The molecule has 1 aromatic heterocycles. The summed E-state index contributed by atoms with van der Waals surface area (Å²) in [5.74, 6) is -3.98. The van der Waals surface area contributed by atoms with Crippen molar-refractivity contribution in [3.63, 3.8) is 0 Å². The number of carboxylic acids is 1. The standard InChI is InChI=1S/C25H37N5O7/c1-5-12(2)19(26)23(34)29-20(13(3)31)24(35)28-18(22(33)30-21(14(4)32)25(36)37)10-15-11-27-17-9-7-6-8-16(15)17/h6-9,11-14,18-21,27,31-32H,5,10,26H2,1-4H3,(H,28,35)(H,29,34)(H,30,33)(H,36,37). The Morgan fingerprint density at radius 1 is 0.919 bits per heavy atom. The molecule has 37 heavy (non-hydrogen) atoms. The summed E-state index contributed by atoms with van der Waals surface area (Å²) >= 11 is 0. The van der Waals surface area contributed by atoms with Gasteiger partial charge < -0.3 is 42.0 Å². The fourth-order valence-electron chi connectivity index (χ4n) is 3.80. The van der Waals surface area contributed by atoms with Gasteiger partial charge in [0.1, 0.15) is 12.1 Å². The molecule has 0 saturated carbocycles. The van der Waals surface area contributed by atoms with Crippen molar-refractivity contribution in [1.29, 1.82) is 0 Å². The highest BCUT2D eigenvalue weighted by Crippen LogP contribution is 2.19. The molecule has 0 radical (unpaired) electrons. The normalized spacial score (nSPS) is 17.1. The van der Waals surface area contributed by atoms with Crippen molar-refractivity contribution in [3.8, 4) is 0 Å².